The highest BCUT2D eigenvalue weighted by Gasteiger charge is 2.16. The lowest BCUT2D eigenvalue weighted by Gasteiger charge is -2.16. The molecule has 0 spiro atoms. The first-order valence-corrected chi connectivity index (χ1v) is 5.48. The van der Waals surface area contributed by atoms with E-state index in [0.717, 1.165) is 0 Å². The van der Waals surface area contributed by atoms with E-state index in [1.807, 2.05) is 5.32 Å². The second-order valence-electron chi connectivity index (χ2n) is 3.32. The Hall–Kier alpha value is -1.46. The van der Waals surface area contributed by atoms with E-state index in [9.17, 15) is 9.59 Å². The Balaban J connectivity index is 2.77. The molecule has 0 saturated carbocycles. The highest BCUT2D eigenvalue weighted by atomic mass is 35.5. The van der Waals surface area contributed by atoms with E-state index in [2.05, 4.69) is 5.32 Å². The number of nitrogens with one attached hydrogen (secondary N) is 2. The van der Waals surface area contributed by atoms with Gasteiger partial charge in [0.2, 0.25) is 5.91 Å². The first-order chi connectivity index (χ1) is 7.91. The Bertz CT molecular complexity index is 431. The summed E-state index contributed by atoms with van der Waals surface area (Å²) in [6, 6.07) is 3.35. The lowest BCUT2D eigenvalue weighted by molar-refractivity contribution is -0.120. The van der Waals surface area contributed by atoms with Crippen molar-refractivity contribution >= 4 is 40.8 Å². The van der Waals surface area contributed by atoms with Crippen molar-refractivity contribution < 1.29 is 9.59 Å². The molecule has 0 saturated heterocycles. The third kappa shape index (κ3) is 3.80. The van der Waals surface area contributed by atoms with Crippen LogP contribution in [-0.2, 0) is 4.79 Å². The maximum atomic E-state index is 11.4. The van der Waals surface area contributed by atoms with Gasteiger partial charge in [-0.2, -0.15) is 0 Å². The van der Waals surface area contributed by atoms with Crippen molar-refractivity contribution in [1.82, 2.24) is 5.32 Å². The Morgan fingerprint density at radius 3 is 2.29 bits per heavy atom. The summed E-state index contributed by atoms with van der Waals surface area (Å²) in [6.45, 7) is 1.55. The van der Waals surface area contributed by atoms with Gasteiger partial charge in [0.25, 0.3) is 0 Å². The molecule has 7 heteroatoms. The van der Waals surface area contributed by atoms with Gasteiger partial charge in [0.15, 0.2) is 0 Å². The van der Waals surface area contributed by atoms with E-state index in [1.165, 1.54) is 0 Å². The number of carbonyl (C=O) groups excluding carboxylic acids is 2. The lowest BCUT2D eigenvalue weighted by atomic mass is 10.2. The molecule has 3 amide bonds. The monoisotopic (exact) mass is 275 g/mol. The van der Waals surface area contributed by atoms with E-state index in [4.69, 9.17) is 28.9 Å². The van der Waals surface area contributed by atoms with Crippen LogP contribution < -0.4 is 16.4 Å². The van der Waals surface area contributed by atoms with E-state index in [1.54, 1.807) is 25.1 Å². The fourth-order valence-electron chi connectivity index (χ4n) is 1.15. The minimum atomic E-state index is -0.908. The first-order valence-electron chi connectivity index (χ1n) is 4.72. The largest absolute Gasteiger partial charge is 0.371 e. The van der Waals surface area contributed by atoms with Gasteiger partial charge < -0.3 is 11.1 Å². The van der Waals surface area contributed by atoms with Crippen LogP contribution in [0.5, 0.6) is 0 Å². The fourth-order valence-corrected chi connectivity index (χ4v) is 1.65. The number of halogens is 2. The van der Waals surface area contributed by atoms with E-state index in [-0.39, 0.29) is 0 Å². The zero-order valence-electron chi connectivity index (χ0n) is 8.96. The topological polar surface area (TPSA) is 84.2 Å². The smallest absolute Gasteiger partial charge is 0.318 e. The molecule has 92 valence electrons. The molecule has 1 atom stereocenters. The van der Waals surface area contributed by atoms with Crippen molar-refractivity contribution in [3.8, 4) is 0 Å². The van der Waals surface area contributed by atoms with E-state index < -0.39 is 18.0 Å². The molecule has 5 nitrogen and oxygen atoms in total. The number of primary amides is 1. The standard InChI is InChI=1S/C10H11Cl2N3O2/c1-5(9(16)15-10(13)17)14-8-6(11)3-2-4-7(8)12/h2-5,14H,1H3,(H3,13,15,16,17). The molecule has 0 aromatic heterocycles. The summed E-state index contributed by atoms with van der Waals surface area (Å²) in [5.41, 5.74) is 5.27. The molecule has 0 aliphatic rings. The van der Waals surface area contributed by atoms with Gasteiger partial charge in [0, 0.05) is 0 Å². The average molecular weight is 276 g/mol. The third-order valence-corrected chi connectivity index (χ3v) is 2.59. The van der Waals surface area contributed by atoms with Crippen LogP contribution in [0.15, 0.2) is 18.2 Å². The molecule has 1 unspecified atom stereocenters. The molecule has 0 radical (unpaired) electrons. The van der Waals surface area contributed by atoms with Crippen LogP contribution in [0.4, 0.5) is 10.5 Å². The predicted octanol–water partition coefficient (Wildman–Crippen LogP) is 1.99. The number of rotatable bonds is 3. The van der Waals surface area contributed by atoms with Crippen molar-refractivity contribution in [2.75, 3.05) is 5.32 Å². The van der Waals surface area contributed by atoms with Crippen LogP contribution >= 0.6 is 23.2 Å². The lowest BCUT2D eigenvalue weighted by Crippen LogP contribution is -2.43. The molecule has 0 fully saturated rings. The molecule has 17 heavy (non-hydrogen) atoms. The van der Waals surface area contributed by atoms with Gasteiger partial charge in [-0.15, -0.1) is 0 Å². The molecule has 0 aliphatic carbocycles. The number of nitrogens with two attached hydrogens (primary N) is 1. The molecule has 4 N–H and O–H groups in total. The van der Waals surface area contributed by atoms with Crippen LogP contribution in [0.3, 0.4) is 0 Å². The Kier molecular flexibility index (Phi) is 4.60. The molecule has 1 aromatic rings. The predicted molar refractivity (Wildman–Crippen MR) is 67.3 cm³/mol. The number of amides is 3. The number of urea groups is 1. The number of imide groups is 1. The van der Waals surface area contributed by atoms with Crippen LogP contribution in [0.25, 0.3) is 0 Å². The number of hydrogen-bond acceptors (Lipinski definition) is 3. The molecule has 0 bridgehead atoms. The number of carbonyl (C=O) groups is 2. The van der Waals surface area contributed by atoms with Crippen LogP contribution in [0.1, 0.15) is 6.92 Å². The molecule has 0 aliphatic heterocycles. The van der Waals surface area contributed by atoms with Gasteiger partial charge in [-0.25, -0.2) is 4.79 Å². The van der Waals surface area contributed by atoms with E-state index >= 15 is 0 Å². The quantitative estimate of drug-likeness (QED) is 0.789. The second-order valence-corrected chi connectivity index (χ2v) is 4.13. The normalized spacial score (nSPS) is 11.7. The third-order valence-electron chi connectivity index (χ3n) is 1.96. The summed E-state index contributed by atoms with van der Waals surface area (Å²) in [5, 5.41) is 5.52. The Morgan fingerprint density at radius 1 is 1.29 bits per heavy atom. The van der Waals surface area contributed by atoms with Crippen molar-refractivity contribution in [2.24, 2.45) is 5.73 Å². The molecular formula is C10H11Cl2N3O2. The highest BCUT2D eigenvalue weighted by molar-refractivity contribution is 6.39. The van der Waals surface area contributed by atoms with Gasteiger partial charge >= 0.3 is 6.03 Å². The maximum Gasteiger partial charge on any atom is 0.318 e. The average Bonchev–Trinajstić information content (AvgIpc) is 2.22. The van der Waals surface area contributed by atoms with Crippen molar-refractivity contribution in [2.45, 2.75) is 13.0 Å². The van der Waals surface area contributed by atoms with Crippen LogP contribution in [-0.4, -0.2) is 18.0 Å². The molecular weight excluding hydrogens is 265 g/mol. The molecule has 0 heterocycles. The summed E-state index contributed by atoms with van der Waals surface area (Å²) in [7, 11) is 0. The SMILES string of the molecule is CC(Nc1c(Cl)cccc1Cl)C(=O)NC(N)=O. The van der Waals surface area contributed by atoms with Crippen LogP contribution in [0.2, 0.25) is 10.0 Å². The minimum absolute atomic E-state index is 0.385. The second kappa shape index (κ2) is 5.75. The summed E-state index contributed by atoms with van der Waals surface area (Å²) in [4.78, 5) is 21.9. The Labute approximate surface area is 108 Å². The van der Waals surface area contributed by atoms with Crippen molar-refractivity contribution in [3.05, 3.63) is 28.2 Å². The number of para-hydroxylation sites is 1. The van der Waals surface area contributed by atoms with Crippen molar-refractivity contribution in [1.29, 1.82) is 0 Å². The van der Waals surface area contributed by atoms with Gasteiger partial charge in [-0.05, 0) is 19.1 Å². The molecule has 1 aromatic carbocycles. The van der Waals surface area contributed by atoms with Gasteiger partial charge in [0.05, 0.1) is 15.7 Å². The first kappa shape index (κ1) is 13.6. The zero-order valence-corrected chi connectivity index (χ0v) is 10.5. The fraction of sp³-hybridized carbons (Fsp3) is 0.200. The summed E-state index contributed by atoms with van der Waals surface area (Å²) in [5.74, 6) is -0.562. The van der Waals surface area contributed by atoms with Crippen molar-refractivity contribution in [3.63, 3.8) is 0 Å². The zero-order chi connectivity index (χ0) is 13.0. The minimum Gasteiger partial charge on any atom is -0.371 e. The van der Waals surface area contributed by atoms with E-state index in [0.29, 0.717) is 15.7 Å². The summed E-state index contributed by atoms with van der Waals surface area (Å²) < 4.78 is 0. The van der Waals surface area contributed by atoms with Gasteiger partial charge in [-0.3, -0.25) is 10.1 Å². The highest BCUT2D eigenvalue weighted by Crippen LogP contribution is 2.30. The number of hydrogen-bond donors (Lipinski definition) is 3. The molecule has 1 rings (SSSR count). The summed E-state index contributed by atoms with van der Waals surface area (Å²) >= 11 is 11.8. The van der Waals surface area contributed by atoms with Crippen LogP contribution in [0, 0.1) is 0 Å². The van der Waals surface area contributed by atoms with Gasteiger partial charge in [-0.1, -0.05) is 29.3 Å². The Morgan fingerprint density at radius 2 is 1.82 bits per heavy atom. The number of benzene rings is 1. The summed E-state index contributed by atoms with van der Waals surface area (Å²) in [6.07, 6.45) is 0. The van der Waals surface area contributed by atoms with Gasteiger partial charge in [0.1, 0.15) is 6.04 Å². The maximum absolute atomic E-state index is 11.4. The number of anilines is 1.